The van der Waals surface area contributed by atoms with Gasteiger partial charge in [-0.1, -0.05) is 12.1 Å². The standard InChI is InChI=1S/C19H27N3O5/c1-19(2,3)27-18(26)20-12-16(24)21-13-8-10-22(11-9-13)17(25)14-6-4-5-7-15(14)23/h4-7,13,23H,8-12H2,1-3H3,(H,20,26)(H,21,24). The lowest BCUT2D eigenvalue weighted by atomic mass is 10.0. The molecule has 148 valence electrons. The lowest BCUT2D eigenvalue weighted by Crippen LogP contribution is -2.49. The second kappa shape index (κ2) is 8.75. The maximum absolute atomic E-state index is 12.5. The predicted octanol–water partition coefficient (Wildman–Crippen LogP) is 1.64. The lowest BCUT2D eigenvalue weighted by Gasteiger charge is -2.32. The van der Waals surface area contributed by atoms with Crippen LogP contribution in [0.25, 0.3) is 0 Å². The van der Waals surface area contributed by atoms with Crippen LogP contribution >= 0.6 is 0 Å². The molecule has 3 amide bonds. The molecule has 1 fully saturated rings. The van der Waals surface area contributed by atoms with Gasteiger partial charge in [0.2, 0.25) is 5.91 Å². The van der Waals surface area contributed by atoms with Gasteiger partial charge < -0.3 is 25.4 Å². The number of likely N-dealkylation sites (tertiary alicyclic amines) is 1. The molecule has 1 aliphatic rings. The number of nitrogens with one attached hydrogen (secondary N) is 2. The first kappa shape index (κ1) is 20.5. The molecule has 0 bridgehead atoms. The van der Waals surface area contributed by atoms with Gasteiger partial charge in [-0.15, -0.1) is 0 Å². The van der Waals surface area contributed by atoms with Crippen molar-refractivity contribution in [2.75, 3.05) is 19.6 Å². The van der Waals surface area contributed by atoms with E-state index in [-0.39, 0.29) is 35.7 Å². The maximum atomic E-state index is 12.5. The third-order valence-corrected chi connectivity index (χ3v) is 4.07. The number of rotatable bonds is 4. The van der Waals surface area contributed by atoms with E-state index < -0.39 is 11.7 Å². The Bertz CT molecular complexity index is 691. The van der Waals surface area contributed by atoms with Crippen molar-refractivity contribution in [3.05, 3.63) is 29.8 Å². The summed E-state index contributed by atoms with van der Waals surface area (Å²) in [7, 11) is 0. The van der Waals surface area contributed by atoms with E-state index in [4.69, 9.17) is 4.74 Å². The Balaban J connectivity index is 1.74. The second-order valence-electron chi connectivity index (χ2n) is 7.51. The molecule has 8 heteroatoms. The van der Waals surface area contributed by atoms with Gasteiger partial charge in [0.1, 0.15) is 17.9 Å². The normalized spacial score (nSPS) is 15.1. The van der Waals surface area contributed by atoms with Gasteiger partial charge in [-0.3, -0.25) is 9.59 Å². The molecular formula is C19H27N3O5. The highest BCUT2D eigenvalue weighted by atomic mass is 16.6. The van der Waals surface area contributed by atoms with Crippen molar-refractivity contribution in [1.29, 1.82) is 0 Å². The Labute approximate surface area is 158 Å². The van der Waals surface area contributed by atoms with E-state index in [9.17, 15) is 19.5 Å². The Morgan fingerprint density at radius 1 is 1.19 bits per heavy atom. The smallest absolute Gasteiger partial charge is 0.408 e. The van der Waals surface area contributed by atoms with Crippen LogP contribution in [0.4, 0.5) is 4.79 Å². The number of hydrogen-bond acceptors (Lipinski definition) is 5. The van der Waals surface area contributed by atoms with E-state index in [1.54, 1.807) is 43.9 Å². The molecule has 0 radical (unpaired) electrons. The van der Waals surface area contributed by atoms with Gasteiger partial charge in [0, 0.05) is 19.1 Å². The second-order valence-corrected chi connectivity index (χ2v) is 7.51. The summed E-state index contributed by atoms with van der Waals surface area (Å²) in [5, 5.41) is 15.1. The first-order chi connectivity index (χ1) is 12.7. The largest absolute Gasteiger partial charge is 0.507 e. The van der Waals surface area contributed by atoms with Gasteiger partial charge in [0.15, 0.2) is 0 Å². The highest BCUT2D eigenvalue weighted by Crippen LogP contribution is 2.20. The molecule has 27 heavy (non-hydrogen) atoms. The Kier molecular flexibility index (Phi) is 6.65. The van der Waals surface area contributed by atoms with E-state index in [2.05, 4.69) is 10.6 Å². The summed E-state index contributed by atoms with van der Waals surface area (Å²) in [5.74, 6) is -0.554. The molecular weight excluding hydrogens is 350 g/mol. The van der Waals surface area contributed by atoms with Crippen LogP contribution < -0.4 is 10.6 Å². The number of hydrogen-bond donors (Lipinski definition) is 3. The summed E-state index contributed by atoms with van der Waals surface area (Å²) in [6.45, 7) is 6.05. The fraction of sp³-hybridized carbons (Fsp3) is 0.526. The highest BCUT2D eigenvalue weighted by Gasteiger charge is 2.26. The molecule has 0 spiro atoms. The molecule has 0 saturated carbocycles. The van der Waals surface area contributed by atoms with E-state index in [1.807, 2.05) is 0 Å². The summed E-state index contributed by atoms with van der Waals surface area (Å²) < 4.78 is 5.08. The number of carbonyl (C=O) groups excluding carboxylic acids is 3. The Hall–Kier alpha value is -2.77. The third-order valence-electron chi connectivity index (χ3n) is 4.07. The van der Waals surface area contributed by atoms with Crippen LogP contribution in [-0.4, -0.2) is 59.2 Å². The van der Waals surface area contributed by atoms with Crippen LogP contribution in [0.3, 0.4) is 0 Å². The van der Waals surface area contributed by atoms with E-state index in [1.165, 1.54) is 6.07 Å². The number of nitrogens with zero attached hydrogens (tertiary/aromatic N) is 1. The number of para-hydroxylation sites is 1. The first-order valence-electron chi connectivity index (χ1n) is 8.99. The molecule has 1 aliphatic heterocycles. The van der Waals surface area contributed by atoms with Crippen LogP contribution in [0.15, 0.2) is 24.3 Å². The number of aromatic hydroxyl groups is 1. The summed E-state index contributed by atoms with van der Waals surface area (Å²) in [5.41, 5.74) is -0.339. The molecule has 0 aliphatic carbocycles. The van der Waals surface area contributed by atoms with Crippen molar-refractivity contribution < 1.29 is 24.2 Å². The van der Waals surface area contributed by atoms with Crippen molar-refractivity contribution in [3.8, 4) is 5.75 Å². The van der Waals surface area contributed by atoms with Crippen molar-refractivity contribution in [3.63, 3.8) is 0 Å². The average molecular weight is 377 g/mol. The topological polar surface area (TPSA) is 108 Å². The molecule has 0 atom stereocenters. The molecule has 3 N–H and O–H groups in total. The van der Waals surface area contributed by atoms with Crippen molar-refractivity contribution >= 4 is 17.9 Å². The number of phenols is 1. The van der Waals surface area contributed by atoms with E-state index >= 15 is 0 Å². The zero-order valence-corrected chi connectivity index (χ0v) is 15.9. The molecule has 8 nitrogen and oxygen atoms in total. The van der Waals surface area contributed by atoms with Crippen LogP contribution in [0, 0.1) is 0 Å². The fourth-order valence-electron chi connectivity index (χ4n) is 2.80. The Morgan fingerprint density at radius 3 is 2.41 bits per heavy atom. The number of alkyl carbamates (subject to hydrolysis) is 1. The molecule has 1 heterocycles. The van der Waals surface area contributed by atoms with Gasteiger partial charge in [0.05, 0.1) is 5.56 Å². The molecule has 0 unspecified atom stereocenters. The zero-order chi connectivity index (χ0) is 20.0. The molecule has 1 aromatic rings. The summed E-state index contributed by atoms with van der Waals surface area (Å²) in [6.07, 6.45) is 0.579. The van der Waals surface area contributed by atoms with Crippen molar-refractivity contribution in [2.24, 2.45) is 0 Å². The maximum Gasteiger partial charge on any atom is 0.408 e. The van der Waals surface area contributed by atoms with Crippen molar-refractivity contribution in [2.45, 2.75) is 45.3 Å². The monoisotopic (exact) mass is 377 g/mol. The average Bonchev–Trinajstić information content (AvgIpc) is 2.59. The van der Waals surface area contributed by atoms with Crippen LogP contribution in [0.1, 0.15) is 44.0 Å². The molecule has 2 rings (SSSR count). The van der Waals surface area contributed by atoms with Crippen molar-refractivity contribution in [1.82, 2.24) is 15.5 Å². The summed E-state index contributed by atoms with van der Waals surface area (Å²) >= 11 is 0. The quantitative estimate of drug-likeness (QED) is 0.739. The van der Waals surface area contributed by atoms with Crippen LogP contribution in [0.5, 0.6) is 5.75 Å². The third kappa shape index (κ3) is 6.47. The lowest BCUT2D eigenvalue weighted by molar-refractivity contribution is -0.121. The minimum absolute atomic E-state index is 0.0360. The zero-order valence-electron chi connectivity index (χ0n) is 15.9. The van der Waals surface area contributed by atoms with Crippen LogP contribution in [0.2, 0.25) is 0 Å². The van der Waals surface area contributed by atoms with Gasteiger partial charge in [-0.2, -0.15) is 0 Å². The number of carbonyl (C=O) groups is 3. The van der Waals surface area contributed by atoms with E-state index in [0.29, 0.717) is 25.9 Å². The summed E-state index contributed by atoms with van der Waals surface area (Å²) in [4.78, 5) is 37.6. The number of phenolic OH excluding ortho intramolecular Hbond substituents is 1. The molecule has 1 aromatic carbocycles. The number of ether oxygens (including phenoxy) is 1. The van der Waals surface area contributed by atoms with E-state index in [0.717, 1.165) is 0 Å². The van der Waals surface area contributed by atoms with Gasteiger partial charge in [-0.25, -0.2) is 4.79 Å². The van der Waals surface area contributed by atoms with Crippen LogP contribution in [-0.2, 0) is 9.53 Å². The predicted molar refractivity (Wildman–Crippen MR) is 99.4 cm³/mol. The fourth-order valence-corrected chi connectivity index (χ4v) is 2.80. The molecule has 1 saturated heterocycles. The Morgan fingerprint density at radius 2 is 1.81 bits per heavy atom. The summed E-state index contributed by atoms with van der Waals surface area (Å²) in [6, 6.07) is 6.38. The SMILES string of the molecule is CC(C)(C)OC(=O)NCC(=O)NC1CCN(C(=O)c2ccccc2O)CC1. The minimum atomic E-state index is -0.638. The number of amides is 3. The number of piperidine rings is 1. The van der Waals surface area contributed by atoms with Gasteiger partial charge in [0.25, 0.3) is 5.91 Å². The highest BCUT2D eigenvalue weighted by molar-refractivity contribution is 5.96. The van der Waals surface area contributed by atoms with Gasteiger partial charge >= 0.3 is 6.09 Å². The van der Waals surface area contributed by atoms with Gasteiger partial charge in [-0.05, 0) is 45.7 Å². The first-order valence-corrected chi connectivity index (χ1v) is 8.99. The minimum Gasteiger partial charge on any atom is -0.507 e. The molecule has 0 aromatic heterocycles. The number of benzene rings is 1.